The molecular weight excluding hydrogens is 411 g/mol. The topological polar surface area (TPSA) is 30.0 Å². The predicted molar refractivity (Wildman–Crippen MR) is 113 cm³/mol. The van der Waals surface area contributed by atoms with Crippen LogP contribution >= 0.6 is 11.8 Å². The summed E-state index contributed by atoms with van der Waals surface area (Å²) in [7, 11) is 1.95. The first-order valence-corrected chi connectivity index (χ1v) is 10.9. The summed E-state index contributed by atoms with van der Waals surface area (Å²) in [6.45, 7) is 6.45. The Morgan fingerprint density at radius 1 is 1.03 bits per heavy atom. The van der Waals surface area contributed by atoms with Crippen LogP contribution in [0.5, 0.6) is 0 Å². The van der Waals surface area contributed by atoms with Crippen molar-refractivity contribution in [1.29, 1.82) is 0 Å². The molecule has 162 valence electrons. The first kappa shape index (κ1) is 21.5. The van der Waals surface area contributed by atoms with Crippen LogP contribution in [-0.4, -0.2) is 53.6 Å². The van der Waals surface area contributed by atoms with E-state index in [0.717, 1.165) is 49.5 Å². The van der Waals surface area contributed by atoms with E-state index in [1.165, 1.54) is 29.5 Å². The highest BCUT2D eigenvalue weighted by Gasteiger charge is 2.37. The van der Waals surface area contributed by atoms with Crippen molar-refractivity contribution in [3.63, 3.8) is 0 Å². The number of halogens is 3. The van der Waals surface area contributed by atoms with Crippen molar-refractivity contribution in [2.24, 2.45) is 0 Å². The molecule has 2 aromatic carbocycles. The van der Waals surface area contributed by atoms with Crippen molar-refractivity contribution < 1.29 is 18.3 Å². The number of alkyl halides is 3. The number of hydrogen-bond donors (Lipinski definition) is 1. The number of aryl methyl sites for hydroxylation is 1. The molecule has 0 aliphatic carbocycles. The maximum Gasteiger partial charge on any atom is 0.416 e. The number of anilines is 1. The smallest absolute Gasteiger partial charge is 0.392 e. The molecule has 1 N–H and O–H groups in total. The van der Waals surface area contributed by atoms with Gasteiger partial charge in [-0.25, -0.2) is 0 Å². The Hall–Kier alpha value is -1.74. The van der Waals surface area contributed by atoms with Crippen LogP contribution in [-0.2, 0) is 19.3 Å². The largest absolute Gasteiger partial charge is 0.416 e. The summed E-state index contributed by atoms with van der Waals surface area (Å²) in [4.78, 5) is 7.49. The van der Waals surface area contributed by atoms with E-state index in [1.807, 2.05) is 20.0 Å². The zero-order chi connectivity index (χ0) is 21.5. The number of aliphatic hydroxyl groups is 1. The molecule has 4 nitrogen and oxygen atoms in total. The Balaban J connectivity index is 1.38. The average molecular weight is 438 g/mol. The standard InChI is InChI=1S/C22H26F3N3OS/c1-15-9-16(11-17(10-15)14-29)13-27-5-7-28(8-6-27)21-26(2)19-4-3-18(22(23,24)25)12-20(19)30-21/h3-4,9-12,21,29H,5-8,13-14H2,1-2H3. The maximum atomic E-state index is 13.0. The molecule has 30 heavy (non-hydrogen) atoms. The third-order valence-electron chi connectivity index (χ3n) is 5.74. The third-order valence-corrected chi connectivity index (χ3v) is 7.14. The minimum Gasteiger partial charge on any atom is -0.392 e. The van der Waals surface area contributed by atoms with Crippen LogP contribution in [0.2, 0.25) is 0 Å². The molecule has 0 amide bonds. The highest BCUT2D eigenvalue weighted by molar-refractivity contribution is 8.00. The van der Waals surface area contributed by atoms with E-state index in [1.54, 1.807) is 6.07 Å². The first-order valence-electron chi connectivity index (χ1n) is 10.0. The molecule has 0 radical (unpaired) electrons. The highest BCUT2D eigenvalue weighted by atomic mass is 32.2. The molecule has 1 saturated heterocycles. The van der Waals surface area contributed by atoms with Gasteiger partial charge >= 0.3 is 6.18 Å². The Bertz CT molecular complexity index is 913. The van der Waals surface area contributed by atoms with Gasteiger partial charge in [-0.3, -0.25) is 9.80 Å². The monoisotopic (exact) mass is 437 g/mol. The summed E-state index contributed by atoms with van der Waals surface area (Å²) in [6, 6.07) is 10.2. The Labute approximate surface area is 179 Å². The Morgan fingerprint density at radius 2 is 1.73 bits per heavy atom. The molecule has 1 atom stereocenters. The zero-order valence-electron chi connectivity index (χ0n) is 17.1. The maximum absolute atomic E-state index is 13.0. The van der Waals surface area contributed by atoms with Gasteiger partial charge in [-0.1, -0.05) is 35.5 Å². The second kappa shape index (κ2) is 8.42. The first-order chi connectivity index (χ1) is 14.2. The number of aliphatic hydroxyl groups excluding tert-OH is 1. The van der Waals surface area contributed by atoms with E-state index in [2.05, 4.69) is 26.8 Å². The third kappa shape index (κ3) is 4.46. The number of nitrogens with zero attached hydrogens (tertiary/aromatic N) is 3. The van der Waals surface area contributed by atoms with Crippen molar-refractivity contribution in [2.75, 3.05) is 38.1 Å². The molecule has 2 aliphatic rings. The summed E-state index contributed by atoms with van der Waals surface area (Å²) in [6.07, 6.45) is -4.32. The van der Waals surface area contributed by atoms with Crippen molar-refractivity contribution in [2.45, 2.75) is 36.6 Å². The Kier molecular flexibility index (Phi) is 6.03. The van der Waals surface area contributed by atoms with Crippen LogP contribution in [0.25, 0.3) is 0 Å². The van der Waals surface area contributed by atoms with Crippen molar-refractivity contribution in [1.82, 2.24) is 9.80 Å². The lowest BCUT2D eigenvalue weighted by Crippen LogP contribution is -2.52. The van der Waals surface area contributed by atoms with Gasteiger partial charge in [0.05, 0.1) is 17.9 Å². The fourth-order valence-electron chi connectivity index (χ4n) is 4.24. The molecule has 0 saturated carbocycles. The fourth-order valence-corrected chi connectivity index (χ4v) is 5.62. The van der Waals surface area contributed by atoms with E-state index in [-0.39, 0.29) is 12.1 Å². The minimum absolute atomic E-state index is 0.0191. The summed E-state index contributed by atoms with van der Waals surface area (Å²) in [5.41, 5.74) is 3.57. The number of benzene rings is 2. The van der Waals surface area contributed by atoms with Crippen molar-refractivity contribution >= 4 is 17.4 Å². The van der Waals surface area contributed by atoms with Crippen LogP contribution in [0.1, 0.15) is 22.3 Å². The van der Waals surface area contributed by atoms with Crippen LogP contribution in [0.15, 0.2) is 41.3 Å². The van der Waals surface area contributed by atoms with E-state index in [9.17, 15) is 18.3 Å². The van der Waals surface area contributed by atoms with Gasteiger partial charge < -0.3 is 10.0 Å². The van der Waals surface area contributed by atoms with Crippen molar-refractivity contribution in [3.05, 3.63) is 58.7 Å². The molecule has 1 fully saturated rings. The van der Waals surface area contributed by atoms with E-state index < -0.39 is 11.7 Å². The predicted octanol–water partition coefficient (Wildman–Crippen LogP) is 4.15. The van der Waals surface area contributed by atoms with E-state index in [0.29, 0.717) is 4.90 Å². The van der Waals surface area contributed by atoms with Gasteiger partial charge in [-0.15, -0.1) is 0 Å². The summed E-state index contributed by atoms with van der Waals surface area (Å²) in [5, 5.41) is 9.42. The minimum atomic E-state index is -4.32. The lowest BCUT2D eigenvalue weighted by Gasteiger charge is -2.40. The lowest BCUT2D eigenvalue weighted by molar-refractivity contribution is -0.137. The van der Waals surface area contributed by atoms with Crippen LogP contribution in [0.4, 0.5) is 18.9 Å². The van der Waals surface area contributed by atoms with Gasteiger partial charge in [0.2, 0.25) is 0 Å². The molecular formula is C22H26F3N3OS. The van der Waals surface area contributed by atoms with Crippen LogP contribution < -0.4 is 4.90 Å². The normalized spacial score (nSPS) is 20.6. The summed E-state index contributed by atoms with van der Waals surface area (Å²) in [5.74, 6) is 0. The molecule has 0 aromatic heterocycles. The van der Waals surface area contributed by atoms with Gasteiger partial charge in [0.15, 0.2) is 0 Å². The average Bonchev–Trinajstić information content (AvgIpc) is 3.03. The highest BCUT2D eigenvalue weighted by Crippen LogP contribution is 2.46. The Morgan fingerprint density at radius 3 is 2.40 bits per heavy atom. The number of rotatable bonds is 4. The second-order valence-electron chi connectivity index (χ2n) is 8.03. The summed E-state index contributed by atoms with van der Waals surface area (Å²) >= 11 is 1.50. The van der Waals surface area contributed by atoms with Crippen LogP contribution in [0, 0.1) is 6.92 Å². The molecule has 0 bridgehead atoms. The van der Waals surface area contributed by atoms with Gasteiger partial charge in [0.25, 0.3) is 0 Å². The molecule has 1 unspecified atom stereocenters. The SMILES string of the molecule is Cc1cc(CO)cc(CN2CCN(C3Sc4cc(C(F)(F)F)ccc4N3C)CC2)c1. The van der Waals surface area contributed by atoms with Gasteiger partial charge in [-0.2, -0.15) is 13.2 Å². The molecule has 2 heterocycles. The van der Waals surface area contributed by atoms with Gasteiger partial charge in [-0.05, 0) is 36.2 Å². The number of piperazine rings is 1. The van der Waals surface area contributed by atoms with Crippen LogP contribution in [0.3, 0.4) is 0 Å². The molecule has 0 spiro atoms. The molecule has 4 rings (SSSR count). The van der Waals surface area contributed by atoms with Crippen molar-refractivity contribution in [3.8, 4) is 0 Å². The zero-order valence-corrected chi connectivity index (χ0v) is 17.9. The quantitative estimate of drug-likeness (QED) is 0.777. The molecule has 2 aromatic rings. The second-order valence-corrected chi connectivity index (χ2v) is 9.13. The summed E-state index contributed by atoms with van der Waals surface area (Å²) < 4.78 is 39.1. The molecule has 8 heteroatoms. The number of thioether (sulfide) groups is 1. The number of hydrogen-bond acceptors (Lipinski definition) is 5. The van der Waals surface area contributed by atoms with E-state index in [4.69, 9.17) is 0 Å². The molecule has 2 aliphatic heterocycles. The van der Waals surface area contributed by atoms with Gasteiger partial charge in [0.1, 0.15) is 5.50 Å². The van der Waals surface area contributed by atoms with Gasteiger partial charge in [0, 0.05) is 44.7 Å². The fraction of sp³-hybridized carbons (Fsp3) is 0.455. The lowest BCUT2D eigenvalue weighted by atomic mass is 10.1. The van der Waals surface area contributed by atoms with E-state index >= 15 is 0 Å². The number of fused-ring (bicyclic) bond motifs is 1.